The molecular weight excluding hydrogens is 363 g/mol. The summed E-state index contributed by atoms with van der Waals surface area (Å²) in [5, 5.41) is 2.76. The van der Waals surface area contributed by atoms with Crippen LogP contribution in [0.15, 0.2) is 48.5 Å². The molecule has 146 valence electrons. The van der Waals surface area contributed by atoms with E-state index in [-0.39, 0.29) is 30.6 Å². The Morgan fingerprint density at radius 1 is 1.14 bits per heavy atom. The second kappa shape index (κ2) is 8.65. The third-order valence-electron chi connectivity index (χ3n) is 4.46. The van der Waals surface area contributed by atoms with Crippen molar-refractivity contribution in [1.29, 1.82) is 0 Å². The smallest absolute Gasteiger partial charge is 0.338 e. The van der Waals surface area contributed by atoms with Crippen molar-refractivity contribution >= 4 is 29.2 Å². The fraction of sp³-hybridized carbons (Fsp3) is 0.286. The predicted octanol–water partition coefficient (Wildman–Crippen LogP) is 3.38. The van der Waals surface area contributed by atoms with Crippen molar-refractivity contribution in [2.75, 3.05) is 23.4 Å². The molecule has 2 amide bonds. The minimum Gasteiger partial charge on any atom is -0.462 e. The first-order valence-electron chi connectivity index (χ1n) is 9.12. The molecule has 1 fully saturated rings. The number of carbonyl (C=O) groups is 3. The van der Waals surface area contributed by atoms with E-state index in [1.54, 1.807) is 24.3 Å². The van der Waals surface area contributed by atoms with E-state index in [9.17, 15) is 18.8 Å². The van der Waals surface area contributed by atoms with Gasteiger partial charge in [-0.25, -0.2) is 9.18 Å². The molecule has 1 saturated heterocycles. The minimum atomic E-state index is -0.508. The minimum absolute atomic E-state index is 0.0879. The van der Waals surface area contributed by atoms with Crippen LogP contribution >= 0.6 is 0 Å². The van der Waals surface area contributed by atoms with E-state index in [4.69, 9.17) is 4.74 Å². The van der Waals surface area contributed by atoms with Crippen LogP contribution in [0, 0.1) is 11.7 Å². The molecule has 2 aromatic carbocycles. The molecule has 0 saturated carbocycles. The Balaban J connectivity index is 1.60. The highest BCUT2D eigenvalue weighted by Crippen LogP contribution is 2.26. The zero-order chi connectivity index (χ0) is 20.1. The predicted molar refractivity (Wildman–Crippen MR) is 103 cm³/mol. The van der Waals surface area contributed by atoms with Crippen LogP contribution in [0.3, 0.4) is 0 Å². The van der Waals surface area contributed by atoms with Gasteiger partial charge in [0.15, 0.2) is 0 Å². The van der Waals surface area contributed by atoms with Gasteiger partial charge in [0.05, 0.1) is 18.1 Å². The molecule has 6 nitrogen and oxygen atoms in total. The SMILES string of the molecule is CCCOC(=O)c1ccc(NC(=O)[C@H]2CC(=O)N(c3ccc(F)cc3)C2)cc1. The lowest BCUT2D eigenvalue weighted by atomic mass is 10.1. The quantitative estimate of drug-likeness (QED) is 0.775. The van der Waals surface area contributed by atoms with Crippen molar-refractivity contribution in [3.63, 3.8) is 0 Å². The van der Waals surface area contributed by atoms with Crippen molar-refractivity contribution < 1.29 is 23.5 Å². The van der Waals surface area contributed by atoms with E-state index in [0.29, 0.717) is 23.5 Å². The number of amides is 2. The first-order chi connectivity index (χ1) is 13.5. The summed E-state index contributed by atoms with van der Waals surface area (Å²) in [7, 11) is 0. The molecule has 7 heteroatoms. The van der Waals surface area contributed by atoms with Crippen molar-refractivity contribution in [2.45, 2.75) is 19.8 Å². The summed E-state index contributed by atoms with van der Waals surface area (Å²) >= 11 is 0. The number of benzene rings is 2. The van der Waals surface area contributed by atoms with Crippen LogP contribution in [0.2, 0.25) is 0 Å². The van der Waals surface area contributed by atoms with Gasteiger partial charge in [0.1, 0.15) is 5.82 Å². The largest absolute Gasteiger partial charge is 0.462 e. The number of esters is 1. The molecule has 1 N–H and O–H groups in total. The van der Waals surface area contributed by atoms with Gasteiger partial charge >= 0.3 is 5.97 Å². The summed E-state index contributed by atoms with van der Waals surface area (Å²) in [6.45, 7) is 2.51. The van der Waals surface area contributed by atoms with E-state index in [1.807, 2.05) is 6.92 Å². The van der Waals surface area contributed by atoms with E-state index in [1.165, 1.54) is 29.2 Å². The Kier molecular flexibility index (Phi) is 6.03. The number of hydrogen-bond donors (Lipinski definition) is 1. The van der Waals surface area contributed by atoms with Gasteiger partial charge in [-0.1, -0.05) is 6.92 Å². The molecule has 3 rings (SSSR count). The molecule has 1 heterocycles. The first-order valence-corrected chi connectivity index (χ1v) is 9.12. The van der Waals surface area contributed by atoms with Crippen LogP contribution in [-0.2, 0) is 14.3 Å². The van der Waals surface area contributed by atoms with Crippen LogP contribution in [0.25, 0.3) is 0 Å². The normalized spacial score (nSPS) is 16.1. The summed E-state index contributed by atoms with van der Waals surface area (Å²) < 4.78 is 18.1. The van der Waals surface area contributed by atoms with E-state index in [2.05, 4.69) is 5.32 Å². The molecule has 1 aliphatic heterocycles. The Bertz CT molecular complexity index is 865. The molecule has 0 spiro atoms. The maximum Gasteiger partial charge on any atom is 0.338 e. The molecule has 0 unspecified atom stereocenters. The van der Waals surface area contributed by atoms with Gasteiger partial charge in [0, 0.05) is 24.3 Å². The monoisotopic (exact) mass is 384 g/mol. The number of carbonyl (C=O) groups excluding carboxylic acids is 3. The lowest BCUT2D eigenvalue weighted by Crippen LogP contribution is -2.28. The van der Waals surface area contributed by atoms with Crippen molar-refractivity contribution in [2.24, 2.45) is 5.92 Å². The zero-order valence-electron chi connectivity index (χ0n) is 15.5. The maximum absolute atomic E-state index is 13.1. The topological polar surface area (TPSA) is 75.7 Å². The van der Waals surface area contributed by atoms with Gasteiger partial charge in [0.25, 0.3) is 0 Å². The fourth-order valence-electron chi connectivity index (χ4n) is 2.97. The summed E-state index contributed by atoms with van der Waals surface area (Å²) in [5.41, 5.74) is 1.51. The van der Waals surface area contributed by atoms with Crippen molar-refractivity contribution in [3.05, 3.63) is 59.9 Å². The molecule has 0 aliphatic carbocycles. The standard InChI is InChI=1S/C21H21FN2O4/c1-2-11-28-21(27)14-3-7-17(8-4-14)23-20(26)15-12-19(25)24(13-15)18-9-5-16(22)6-10-18/h3-10,15H,2,11-13H2,1H3,(H,23,26)/t15-/m0/s1. The van der Waals surface area contributed by atoms with Crippen LogP contribution in [-0.4, -0.2) is 30.9 Å². The number of ether oxygens (including phenoxy) is 1. The molecule has 2 aromatic rings. The molecular formula is C21H21FN2O4. The van der Waals surface area contributed by atoms with E-state index in [0.717, 1.165) is 6.42 Å². The number of anilines is 2. The van der Waals surface area contributed by atoms with Crippen LogP contribution in [0.1, 0.15) is 30.1 Å². The lowest BCUT2D eigenvalue weighted by molar-refractivity contribution is -0.122. The Morgan fingerprint density at radius 3 is 2.46 bits per heavy atom. The summed E-state index contributed by atoms with van der Waals surface area (Å²) in [6, 6.07) is 12.0. The van der Waals surface area contributed by atoms with E-state index >= 15 is 0 Å². The highest BCUT2D eigenvalue weighted by atomic mass is 19.1. The van der Waals surface area contributed by atoms with Gasteiger partial charge in [-0.3, -0.25) is 9.59 Å². The first kappa shape index (κ1) is 19.5. The van der Waals surface area contributed by atoms with Crippen molar-refractivity contribution in [1.82, 2.24) is 0 Å². The van der Waals surface area contributed by atoms with Gasteiger partial charge in [-0.15, -0.1) is 0 Å². The van der Waals surface area contributed by atoms with Gasteiger partial charge in [0.2, 0.25) is 11.8 Å². The summed E-state index contributed by atoms with van der Waals surface area (Å²) in [6.07, 6.45) is 0.833. The third-order valence-corrected chi connectivity index (χ3v) is 4.46. The fourth-order valence-corrected chi connectivity index (χ4v) is 2.97. The summed E-state index contributed by atoms with van der Waals surface area (Å²) in [4.78, 5) is 38.0. The number of hydrogen-bond acceptors (Lipinski definition) is 4. The average molecular weight is 384 g/mol. The number of nitrogens with one attached hydrogen (secondary N) is 1. The number of halogens is 1. The Hall–Kier alpha value is -3.22. The third kappa shape index (κ3) is 4.54. The molecule has 0 radical (unpaired) electrons. The second-order valence-electron chi connectivity index (χ2n) is 6.58. The van der Waals surface area contributed by atoms with Crippen molar-refractivity contribution in [3.8, 4) is 0 Å². The highest BCUT2D eigenvalue weighted by molar-refractivity contribution is 6.03. The second-order valence-corrected chi connectivity index (χ2v) is 6.58. The number of nitrogens with zero attached hydrogens (tertiary/aromatic N) is 1. The zero-order valence-corrected chi connectivity index (χ0v) is 15.5. The Labute approximate surface area is 162 Å². The van der Waals surface area contributed by atoms with Crippen LogP contribution < -0.4 is 10.2 Å². The van der Waals surface area contributed by atoms with E-state index < -0.39 is 11.9 Å². The lowest BCUT2D eigenvalue weighted by Gasteiger charge is -2.16. The van der Waals surface area contributed by atoms with Gasteiger partial charge in [-0.2, -0.15) is 0 Å². The van der Waals surface area contributed by atoms with Gasteiger partial charge < -0.3 is 15.0 Å². The van der Waals surface area contributed by atoms with Crippen LogP contribution in [0.5, 0.6) is 0 Å². The molecule has 28 heavy (non-hydrogen) atoms. The maximum atomic E-state index is 13.1. The van der Waals surface area contributed by atoms with Gasteiger partial charge in [-0.05, 0) is 55.0 Å². The summed E-state index contributed by atoms with van der Waals surface area (Å²) in [5.74, 6) is -1.76. The van der Waals surface area contributed by atoms with Crippen LogP contribution in [0.4, 0.5) is 15.8 Å². The number of rotatable bonds is 6. The molecule has 0 bridgehead atoms. The molecule has 1 atom stereocenters. The molecule has 0 aromatic heterocycles. The highest BCUT2D eigenvalue weighted by Gasteiger charge is 2.35. The Morgan fingerprint density at radius 2 is 1.82 bits per heavy atom. The average Bonchev–Trinajstić information content (AvgIpc) is 3.09. The molecule has 1 aliphatic rings.